The summed E-state index contributed by atoms with van der Waals surface area (Å²) in [6, 6.07) is 0. The molecule has 2 heterocycles. The lowest BCUT2D eigenvalue weighted by Gasteiger charge is -2.12. The molecule has 1 unspecified atom stereocenters. The molecule has 5 nitrogen and oxygen atoms in total. The summed E-state index contributed by atoms with van der Waals surface area (Å²) in [6.07, 6.45) is 5.53. The van der Waals surface area contributed by atoms with Gasteiger partial charge in [0, 0.05) is 24.5 Å². The summed E-state index contributed by atoms with van der Waals surface area (Å²) in [5.41, 5.74) is 1.37. The highest BCUT2D eigenvalue weighted by molar-refractivity contribution is 9.10. The van der Waals surface area contributed by atoms with Gasteiger partial charge >= 0.3 is 0 Å². The molecule has 0 spiro atoms. The Labute approximate surface area is 101 Å². The Morgan fingerprint density at radius 1 is 1.38 bits per heavy atom. The Hall–Kier alpha value is -1.27. The number of rotatable bonds is 3. The number of aliphatic hydroxyl groups is 1. The van der Waals surface area contributed by atoms with Crippen LogP contribution in [-0.2, 0) is 6.54 Å². The van der Waals surface area contributed by atoms with Gasteiger partial charge in [0.25, 0.3) is 0 Å². The fourth-order valence-electron chi connectivity index (χ4n) is 1.51. The van der Waals surface area contributed by atoms with Crippen molar-refractivity contribution in [2.75, 3.05) is 0 Å². The smallest absolute Gasteiger partial charge is 0.125 e. The second-order valence-electron chi connectivity index (χ2n) is 3.27. The Morgan fingerprint density at radius 3 is 2.69 bits per heavy atom. The van der Waals surface area contributed by atoms with Crippen molar-refractivity contribution in [1.29, 1.82) is 0 Å². The molecule has 0 aliphatic heterocycles. The monoisotopic (exact) mass is 282 g/mol. The SMILES string of the molecule is CCn1ncc(Br)c1C(O)c1cncnc1. The van der Waals surface area contributed by atoms with Gasteiger partial charge in [0.1, 0.15) is 12.4 Å². The zero-order valence-corrected chi connectivity index (χ0v) is 10.3. The van der Waals surface area contributed by atoms with E-state index in [0.29, 0.717) is 12.1 Å². The first-order valence-corrected chi connectivity index (χ1v) is 5.67. The van der Waals surface area contributed by atoms with Gasteiger partial charge in [-0.25, -0.2) is 9.97 Å². The highest BCUT2D eigenvalue weighted by Gasteiger charge is 2.19. The van der Waals surface area contributed by atoms with E-state index >= 15 is 0 Å². The molecule has 0 fully saturated rings. The number of nitrogens with zero attached hydrogens (tertiary/aromatic N) is 4. The summed E-state index contributed by atoms with van der Waals surface area (Å²) in [4.78, 5) is 7.77. The van der Waals surface area contributed by atoms with E-state index in [0.717, 1.165) is 10.2 Å². The first-order valence-electron chi connectivity index (χ1n) is 4.88. The summed E-state index contributed by atoms with van der Waals surface area (Å²) < 4.78 is 2.52. The molecule has 0 aromatic carbocycles. The Kier molecular flexibility index (Phi) is 3.31. The number of halogens is 1. The number of aliphatic hydroxyl groups excluding tert-OH is 1. The van der Waals surface area contributed by atoms with Crippen LogP contribution in [0.4, 0.5) is 0 Å². The third-order valence-electron chi connectivity index (χ3n) is 2.29. The van der Waals surface area contributed by atoms with E-state index < -0.39 is 6.10 Å². The number of hydrogen-bond acceptors (Lipinski definition) is 4. The summed E-state index contributed by atoms with van der Waals surface area (Å²) in [5.74, 6) is 0. The minimum absolute atomic E-state index is 0.651. The first-order chi connectivity index (χ1) is 7.74. The van der Waals surface area contributed by atoms with Crippen molar-refractivity contribution in [3.8, 4) is 0 Å². The van der Waals surface area contributed by atoms with Gasteiger partial charge in [-0.2, -0.15) is 5.10 Å². The van der Waals surface area contributed by atoms with Crippen molar-refractivity contribution >= 4 is 15.9 Å². The fourth-order valence-corrected chi connectivity index (χ4v) is 2.02. The third kappa shape index (κ3) is 1.98. The van der Waals surface area contributed by atoms with Crippen LogP contribution in [0.2, 0.25) is 0 Å². The molecular formula is C10H11BrN4O. The number of hydrogen-bond donors (Lipinski definition) is 1. The molecule has 0 saturated heterocycles. The van der Waals surface area contributed by atoms with Crippen LogP contribution in [0.25, 0.3) is 0 Å². The number of aromatic nitrogens is 4. The van der Waals surface area contributed by atoms with E-state index in [4.69, 9.17) is 0 Å². The quantitative estimate of drug-likeness (QED) is 0.928. The maximum absolute atomic E-state index is 10.2. The molecule has 0 bridgehead atoms. The normalized spacial score (nSPS) is 12.7. The van der Waals surface area contributed by atoms with E-state index in [1.807, 2.05) is 6.92 Å². The predicted molar refractivity (Wildman–Crippen MR) is 61.7 cm³/mol. The minimum Gasteiger partial charge on any atom is -0.382 e. The topological polar surface area (TPSA) is 63.8 Å². The molecule has 16 heavy (non-hydrogen) atoms. The molecule has 0 saturated carbocycles. The lowest BCUT2D eigenvalue weighted by molar-refractivity contribution is 0.206. The highest BCUT2D eigenvalue weighted by Crippen LogP contribution is 2.27. The summed E-state index contributed by atoms with van der Waals surface area (Å²) in [7, 11) is 0. The average Bonchev–Trinajstić information content (AvgIpc) is 2.70. The van der Waals surface area contributed by atoms with Crippen LogP contribution in [0.3, 0.4) is 0 Å². The van der Waals surface area contributed by atoms with E-state index in [2.05, 4.69) is 31.0 Å². The highest BCUT2D eigenvalue weighted by atomic mass is 79.9. The van der Waals surface area contributed by atoms with Crippen molar-refractivity contribution in [2.45, 2.75) is 19.6 Å². The van der Waals surface area contributed by atoms with Crippen LogP contribution in [0, 0.1) is 0 Å². The van der Waals surface area contributed by atoms with Crippen LogP contribution < -0.4 is 0 Å². The molecule has 0 aliphatic rings. The number of aryl methyl sites for hydroxylation is 1. The molecule has 0 aliphatic carbocycles. The third-order valence-corrected chi connectivity index (χ3v) is 2.90. The molecule has 1 atom stereocenters. The van der Waals surface area contributed by atoms with Crippen LogP contribution in [-0.4, -0.2) is 24.9 Å². The maximum Gasteiger partial charge on any atom is 0.125 e. The van der Waals surface area contributed by atoms with Crippen LogP contribution in [0.1, 0.15) is 24.3 Å². The lowest BCUT2D eigenvalue weighted by atomic mass is 10.1. The van der Waals surface area contributed by atoms with E-state index in [-0.39, 0.29) is 0 Å². The zero-order valence-electron chi connectivity index (χ0n) is 8.71. The zero-order chi connectivity index (χ0) is 11.5. The second kappa shape index (κ2) is 4.71. The molecular weight excluding hydrogens is 272 g/mol. The van der Waals surface area contributed by atoms with Crippen LogP contribution in [0.5, 0.6) is 0 Å². The van der Waals surface area contributed by atoms with Gasteiger partial charge in [-0.1, -0.05) is 0 Å². The molecule has 84 valence electrons. The lowest BCUT2D eigenvalue weighted by Crippen LogP contribution is -2.10. The van der Waals surface area contributed by atoms with Gasteiger partial charge in [0.05, 0.1) is 16.4 Å². The largest absolute Gasteiger partial charge is 0.382 e. The minimum atomic E-state index is -0.766. The van der Waals surface area contributed by atoms with Gasteiger partial charge < -0.3 is 5.11 Å². The van der Waals surface area contributed by atoms with E-state index in [1.165, 1.54) is 6.33 Å². The first kappa shape index (κ1) is 11.2. The molecule has 6 heteroatoms. The second-order valence-corrected chi connectivity index (χ2v) is 4.12. The Morgan fingerprint density at radius 2 is 2.06 bits per heavy atom. The van der Waals surface area contributed by atoms with Crippen molar-refractivity contribution < 1.29 is 5.11 Å². The summed E-state index contributed by atoms with van der Waals surface area (Å²) in [6.45, 7) is 2.67. The maximum atomic E-state index is 10.2. The molecule has 2 rings (SSSR count). The van der Waals surface area contributed by atoms with Gasteiger partial charge in [-0.15, -0.1) is 0 Å². The molecule has 0 amide bonds. The molecule has 1 N–H and O–H groups in total. The van der Waals surface area contributed by atoms with E-state index in [9.17, 15) is 5.11 Å². The van der Waals surface area contributed by atoms with Crippen molar-refractivity contribution in [3.63, 3.8) is 0 Å². The average molecular weight is 283 g/mol. The standard InChI is InChI=1S/C10H11BrN4O/c1-2-15-9(8(11)5-14-15)10(16)7-3-12-6-13-4-7/h3-6,10,16H,2H2,1H3. The molecule has 2 aromatic heterocycles. The van der Waals surface area contributed by atoms with Gasteiger partial charge in [-0.05, 0) is 22.9 Å². The van der Waals surface area contributed by atoms with Crippen molar-refractivity contribution in [1.82, 2.24) is 19.7 Å². The van der Waals surface area contributed by atoms with Crippen molar-refractivity contribution in [3.05, 3.63) is 40.6 Å². The van der Waals surface area contributed by atoms with Gasteiger partial charge in [0.15, 0.2) is 0 Å². The predicted octanol–water partition coefficient (Wildman–Crippen LogP) is 1.54. The van der Waals surface area contributed by atoms with Gasteiger partial charge in [0.2, 0.25) is 0 Å². The van der Waals surface area contributed by atoms with Crippen molar-refractivity contribution in [2.24, 2.45) is 0 Å². The molecule has 2 aromatic rings. The van der Waals surface area contributed by atoms with Crippen LogP contribution in [0.15, 0.2) is 29.4 Å². The van der Waals surface area contributed by atoms with E-state index in [1.54, 1.807) is 23.3 Å². The Balaban J connectivity index is 2.41. The van der Waals surface area contributed by atoms with Gasteiger partial charge in [-0.3, -0.25) is 4.68 Å². The summed E-state index contributed by atoms with van der Waals surface area (Å²) in [5, 5.41) is 14.4. The fraction of sp³-hybridized carbons (Fsp3) is 0.300. The summed E-state index contributed by atoms with van der Waals surface area (Å²) >= 11 is 3.37. The van der Waals surface area contributed by atoms with Crippen LogP contribution >= 0.6 is 15.9 Å². The Bertz CT molecular complexity index is 471. The molecule has 0 radical (unpaired) electrons.